The van der Waals surface area contributed by atoms with Crippen LogP contribution in [0.1, 0.15) is 23.2 Å². The summed E-state index contributed by atoms with van der Waals surface area (Å²) in [5.74, 6) is -0.403. The third kappa shape index (κ3) is 5.48. The Morgan fingerprint density at radius 1 is 1.04 bits per heavy atom. The number of hydrogen-bond acceptors (Lipinski definition) is 2. The first kappa shape index (κ1) is 20.2. The van der Waals surface area contributed by atoms with Crippen LogP contribution in [0.25, 0.3) is 11.1 Å². The Bertz CT molecular complexity index is 822. The number of benzene rings is 2. The molecule has 2 aromatic carbocycles. The topological polar surface area (TPSA) is 38.3 Å². The molecule has 1 aliphatic heterocycles. The van der Waals surface area contributed by atoms with Crippen LogP contribution < -0.4 is 10.1 Å². The number of halogens is 3. The summed E-state index contributed by atoms with van der Waals surface area (Å²) in [6.07, 6.45) is -2.83. The van der Waals surface area contributed by atoms with E-state index in [1.54, 1.807) is 30.3 Å². The normalized spacial score (nSPS) is 17.2. The molecule has 1 aliphatic rings. The summed E-state index contributed by atoms with van der Waals surface area (Å²) in [4.78, 5) is 12.6. The Hall–Kier alpha value is -2.54. The Balaban J connectivity index is 1.67. The van der Waals surface area contributed by atoms with Gasteiger partial charge in [-0.05, 0) is 35.4 Å². The van der Waals surface area contributed by atoms with E-state index in [2.05, 4.69) is 24.1 Å². The van der Waals surface area contributed by atoms with Gasteiger partial charge in [-0.25, -0.2) is 0 Å². The van der Waals surface area contributed by atoms with Gasteiger partial charge in [-0.3, -0.25) is 4.79 Å². The van der Waals surface area contributed by atoms with Crippen LogP contribution >= 0.6 is 0 Å². The van der Waals surface area contributed by atoms with Gasteiger partial charge < -0.3 is 14.5 Å². The van der Waals surface area contributed by atoms with E-state index in [1.807, 2.05) is 6.07 Å². The average molecular weight is 393 g/mol. The lowest BCUT2D eigenvalue weighted by Gasteiger charge is -2.37. The van der Waals surface area contributed by atoms with Crippen molar-refractivity contribution in [2.75, 3.05) is 27.2 Å². The molecule has 2 aromatic rings. The predicted octanol–water partition coefficient (Wildman–Crippen LogP) is 4.22. The maximum Gasteiger partial charge on any atom is 0.573 e. The number of hydrogen-bond donors (Lipinski definition) is 1. The number of nitrogens with one attached hydrogen (secondary N) is 1. The molecule has 0 unspecified atom stereocenters. The van der Waals surface area contributed by atoms with Crippen molar-refractivity contribution in [3.63, 3.8) is 0 Å². The fraction of sp³-hybridized carbons (Fsp3) is 0.381. The monoisotopic (exact) mass is 393 g/mol. The van der Waals surface area contributed by atoms with E-state index < -0.39 is 6.36 Å². The van der Waals surface area contributed by atoms with Gasteiger partial charge >= 0.3 is 6.36 Å². The van der Waals surface area contributed by atoms with Gasteiger partial charge in [-0.2, -0.15) is 0 Å². The van der Waals surface area contributed by atoms with E-state index in [1.165, 1.54) is 12.1 Å². The number of ether oxygens (including phenoxy) is 1. The van der Waals surface area contributed by atoms with Gasteiger partial charge in [0.05, 0.1) is 27.2 Å². The SMILES string of the molecule is C[N+]1(C)CCC(NC(=O)c2cccc(-c3ccc(OC(F)(F)F)cc3)c2)CC1. The van der Waals surface area contributed by atoms with Gasteiger partial charge in [0.1, 0.15) is 5.75 Å². The first-order chi connectivity index (χ1) is 13.1. The zero-order valence-electron chi connectivity index (χ0n) is 15.9. The minimum Gasteiger partial charge on any atom is -0.406 e. The Morgan fingerprint density at radius 3 is 2.29 bits per heavy atom. The lowest BCUT2D eigenvalue weighted by atomic mass is 10.0. The van der Waals surface area contributed by atoms with Crippen LogP contribution in [0.3, 0.4) is 0 Å². The number of quaternary nitrogens is 1. The van der Waals surface area contributed by atoms with E-state index in [-0.39, 0.29) is 17.7 Å². The molecule has 3 rings (SSSR count). The number of carbonyl (C=O) groups is 1. The molecule has 0 spiro atoms. The van der Waals surface area contributed by atoms with Crippen LogP contribution in [0, 0.1) is 0 Å². The summed E-state index contributed by atoms with van der Waals surface area (Å²) in [7, 11) is 4.37. The zero-order chi connectivity index (χ0) is 20.4. The lowest BCUT2D eigenvalue weighted by Crippen LogP contribution is -2.51. The second-order valence-corrected chi connectivity index (χ2v) is 7.78. The molecular weight excluding hydrogens is 369 g/mol. The first-order valence-electron chi connectivity index (χ1n) is 9.20. The van der Waals surface area contributed by atoms with Crippen molar-refractivity contribution in [3.8, 4) is 16.9 Å². The van der Waals surface area contributed by atoms with E-state index in [9.17, 15) is 18.0 Å². The molecule has 0 atom stereocenters. The maximum atomic E-state index is 12.6. The van der Waals surface area contributed by atoms with Crippen molar-refractivity contribution in [3.05, 3.63) is 54.1 Å². The Labute approximate surface area is 162 Å². The molecule has 0 saturated carbocycles. The minimum atomic E-state index is -4.72. The number of alkyl halides is 3. The number of piperidine rings is 1. The third-order valence-electron chi connectivity index (χ3n) is 5.05. The molecule has 1 heterocycles. The summed E-state index contributed by atoms with van der Waals surface area (Å²) >= 11 is 0. The number of carbonyl (C=O) groups excluding carboxylic acids is 1. The first-order valence-corrected chi connectivity index (χ1v) is 9.20. The molecule has 28 heavy (non-hydrogen) atoms. The quantitative estimate of drug-likeness (QED) is 0.790. The minimum absolute atomic E-state index is 0.129. The highest BCUT2D eigenvalue weighted by Crippen LogP contribution is 2.27. The van der Waals surface area contributed by atoms with Crippen molar-refractivity contribution in [2.45, 2.75) is 25.2 Å². The smallest absolute Gasteiger partial charge is 0.406 e. The molecule has 1 N–H and O–H groups in total. The van der Waals surface area contributed by atoms with Gasteiger partial charge in [0.2, 0.25) is 0 Å². The van der Waals surface area contributed by atoms with Crippen LogP contribution in [-0.4, -0.2) is 50.0 Å². The largest absolute Gasteiger partial charge is 0.573 e. The van der Waals surface area contributed by atoms with E-state index in [0.29, 0.717) is 11.1 Å². The maximum absolute atomic E-state index is 12.6. The van der Waals surface area contributed by atoms with Crippen molar-refractivity contribution in [1.82, 2.24) is 5.32 Å². The average Bonchev–Trinajstić information content (AvgIpc) is 2.63. The van der Waals surface area contributed by atoms with Crippen molar-refractivity contribution in [1.29, 1.82) is 0 Å². The molecule has 0 radical (unpaired) electrons. The van der Waals surface area contributed by atoms with Gasteiger partial charge in [0.15, 0.2) is 0 Å². The van der Waals surface area contributed by atoms with Crippen molar-refractivity contribution >= 4 is 5.91 Å². The third-order valence-corrected chi connectivity index (χ3v) is 5.05. The molecule has 7 heteroatoms. The summed E-state index contributed by atoms with van der Waals surface area (Å²) in [5.41, 5.74) is 2.00. The fourth-order valence-electron chi connectivity index (χ4n) is 3.37. The number of rotatable bonds is 4. The van der Waals surface area contributed by atoms with Crippen LogP contribution in [0.2, 0.25) is 0 Å². The van der Waals surface area contributed by atoms with E-state index >= 15 is 0 Å². The predicted molar refractivity (Wildman–Crippen MR) is 101 cm³/mol. The molecule has 0 aromatic heterocycles. The summed E-state index contributed by atoms with van der Waals surface area (Å²) < 4.78 is 41.7. The molecule has 0 aliphatic carbocycles. The number of amides is 1. The second kappa shape index (κ2) is 7.83. The van der Waals surface area contributed by atoms with Crippen LogP contribution in [0.4, 0.5) is 13.2 Å². The highest BCUT2D eigenvalue weighted by molar-refractivity contribution is 5.95. The van der Waals surface area contributed by atoms with Crippen LogP contribution in [0.5, 0.6) is 5.75 Å². The molecule has 1 fully saturated rings. The number of likely N-dealkylation sites (tertiary alicyclic amines) is 1. The van der Waals surface area contributed by atoms with Crippen LogP contribution in [-0.2, 0) is 0 Å². The summed E-state index contributed by atoms with van der Waals surface area (Å²) in [6.45, 7) is 2.05. The van der Waals surface area contributed by atoms with Crippen molar-refractivity contribution < 1.29 is 27.2 Å². The molecule has 150 valence electrons. The molecule has 4 nitrogen and oxygen atoms in total. The van der Waals surface area contributed by atoms with Gasteiger partial charge in [-0.15, -0.1) is 13.2 Å². The Kier molecular flexibility index (Phi) is 5.65. The fourth-order valence-corrected chi connectivity index (χ4v) is 3.37. The van der Waals surface area contributed by atoms with Crippen molar-refractivity contribution in [2.24, 2.45) is 0 Å². The molecule has 1 saturated heterocycles. The standard InChI is InChI=1S/C21H23F3N2O2/c1-26(2)12-10-18(11-13-26)25-20(27)17-5-3-4-16(14-17)15-6-8-19(9-7-15)28-21(22,23)24/h3-9,14,18H,10-13H2,1-2H3/p+1. The molecular formula is C21H24F3N2O2+. The molecule has 0 bridgehead atoms. The summed E-state index contributed by atoms with van der Waals surface area (Å²) in [5, 5.41) is 3.09. The highest BCUT2D eigenvalue weighted by atomic mass is 19.4. The molecule has 1 amide bonds. The lowest BCUT2D eigenvalue weighted by molar-refractivity contribution is -0.895. The zero-order valence-corrected chi connectivity index (χ0v) is 15.9. The van der Waals surface area contributed by atoms with Gasteiger partial charge in [0.25, 0.3) is 5.91 Å². The highest BCUT2D eigenvalue weighted by Gasteiger charge is 2.31. The second-order valence-electron chi connectivity index (χ2n) is 7.78. The van der Waals surface area contributed by atoms with E-state index in [0.717, 1.165) is 36.0 Å². The number of nitrogens with zero attached hydrogens (tertiary/aromatic N) is 1. The van der Waals surface area contributed by atoms with Gasteiger partial charge in [-0.1, -0.05) is 24.3 Å². The van der Waals surface area contributed by atoms with Gasteiger partial charge in [0, 0.05) is 24.4 Å². The van der Waals surface area contributed by atoms with E-state index in [4.69, 9.17) is 0 Å². The van der Waals surface area contributed by atoms with Crippen LogP contribution in [0.15, 0.2) is 48.5 Å². The summed E-state index contributed by atoms with van der Waals surface area (Å²) in [6, 6.07) is 12.8. The Morgan fingerprint density at radius 2 is 1.68 bits per heavy atom.